The average Bonchev–Trinajstić information content (AvgIpc) is 3.05. The number of hydrogen-bond acceptors (Lipinski definition) is 4. The van der Waals surface area contributed by atoms with Gasteiger partial charge >= 0.3 is 0 Å². The Labute approximate surface area is 150 Å². The lowest BCUT2D eigenvalue weighted by atomic mass is 10.0. The van der Waals surface area contributed by atoms with Crippen LogP contribution in [0.4, 0.5) is 4.39 Å². The zero-order chi connectivity index (χ0) is 18.1. The van der Waals surface area contributed by atoms with Crippen LogP contribution in [0.1, 0.15) is 29.5 Å². The standard InChI is InChI=1S/C20H18FN3O2/c1-13-3-2-4-15(11-13)19-22-20(26-23-19)17-9-10-24(17)18(25)12-14-5-7-16(21)8-6-14/h2-8,11,17H,9-10,12H2,1H3/t17-/m0/s1. The van der Waals surface area contributed by atoms with Gasteiger partial charge in [0.1, 0.15) is 11.9 Å². The first-order valence-electron chi connectivity index (χ1n) is 8.55. The molecular formula is C20H18FN3O2. The second-order valence-electron chi connectivity index (χ2n) is 6.52. The van der Waals surface area contributed by atoms with E-state index < -0.39 is 0 Å². The monoisotopic (exact) mass is 351 g/mol. The molecule has 0 radical (unpaired) electrons. The Morgan fingerprint density at radius 3 is 2.77 bits per heavy atom. The molecule has 1 amide bonds. The van der Waals surface area contributed by atoms with Gasteiger partial charge in [0.05, 0.1) is 6.42 Å². The third kappa shape index (κ3) is 3.22. The van der Waals surface area contributed by atoms with E-state index in [-0.39, 0.29) is 24.2 Å². The van der Waals surface area contributed by atoms with E-state index in [2.05, 4.69) is 10.1 Å². The summed E-state index contributed by atoms with van der Waals surface area (Å²) in [5.74, 6) is 0.655. The molecule has 2 heterocycles. The van der Waals surface area contributed by atoms with Crippen LogP contribution < -0.4 is 0 Å². The summed E-state index contributed by atoms with van der Waals surface area (Å²) in [6.45, 7) is 2.67. The molecule has 1 saturated heterocycles. The number of carbonyl (C=O) groups is 1. The molecular weight excluding hydrogens is 333 g/mol. The summed E-state index contributed by atoms with van der Waals surface area (Å²) in [5, 5.41) is 4.05. The van der Waals surface area contributed by atoms with Crippen LogP contribution in [0, 0.1) is 12.7 Å². The molecule has 1 aliphatic heterocycles. The minimum Gasteiger partial charge on any atom is -0.337 e. The molecule has 26 heavy (non-hydrogen) atoms. The van der Waals surface area contributed by atoms with E-state index in [0.717, 1.165) is 23.1 Å². The quantitative estimate of drug-likeness (QED) is 0.719. The van der Waals surface area contributed by atoms with Crippen molar-refractivity contribution in [2.45, 2.75) is 25.8 Å². The highest BCUT2D eigenvalue weighted by Crippen LogP contribution is 2.33. The summed E-state index contributed by atoms with van der Waals surface area (Å²) in [7, 11) is 0. The Balaban J connectivity index is 1.47. The fourth-order valence-electron chi connectivity index (χ4n) is 3.09. The van der Waals surface area contributed by atoms with Crippen LogP contribution >= 0.6 is 0 Å². The van der Waals surface area contributed by atoms with E-state index in [1.165, 1.54) is 12.1 Å². The van der Waals surface area contributed by atoms with Crippen molar-refractivity contribution in [1.29, 1.82) is 0 Å². The fraction of sp³-hybridized carbons (Fsp3) is 0.250. The summed E-state index contributed by atoms with van der Waals surface area (Å²) >= 11 is 0. The van der Waals surface area contributed by atoms with Gasteiger partial charge in [0.25, 0.3) is 0 Å². The molecule has 4 rings (SSSR count). The predicted molar refractivity (Wildman–Crippen MR) is 93.6 cm³/mol. The summed E-state index contributed by atoms with van der Waals surface area (Å²) in [6, 6.07) is 13.7. The molecule has 0 saturated carbocycles. The Morgan fingerprint density at radius 2 is 2.08 bits per heavy atom. The summed E-state index contributed by atoms with van der Waals surface area (Å²) in [5.41, 5.74) is 2.80. The van der Waals surface area contributed by atoms with Gasteiger partial charge in [-0.2, -0.15) is 4.98 Å². The van der Waals surface area contributed by atoms with Gasteiger partial charge in [-0.15, -0.1) is 0 Å². The first kappa shape index (κ1) is 16.4. The molecule has 1 fully saturated rings. The molecule has 3 aromatic rings. The molecule has 0 bridgehead atoms. The normalized spacial score (nSPS) is 16.4. The molecule has 6 heteroatoms. The summed E-state index contributed by atoms with van der Waals surface area (Å²) in [4.78, 5) is 18.7. The van der Waals surface area contributed by atoms with Crippen LogP contribution in [0.3, 0.4) is 0 Å². The number of carbonyl (C=O) groups excluding carboxylic acids is 1. The lowest BCUT2D eigenvalue weighted by Gasteiger charge is -2.38. The SMILES string of the molecule is Cc1cccc(-c2noc([C@@H]3CCN3C(=O)Cc3ccc(F)cc3)n2)c1. The largest absolute Gasteiger partial charge is 0.337 e. The van der Waals surface area contributed by atoms with Crippen LogP contribution in [0.5, 0.6) is 0 Å². The predicted octanol–water partition coefficient (Wildman–Crippen LogP) is 3.70. The molecule has 0 spiro atoms. The number of halogens is 1. The molecule has 2 aromatic carbocycles. The lowest BCUT2D eigenvalue weighted by Crippen LogP contribution is -2.46. The zero-order valence-corrected chi connectivity index (χ0v) is 14.4. The van der Waals surface area contributed by atoms with E-state index in [1.807, 2.05) is 31.2 Å². The van der Waals surface area contributed by atoms with Gasteiger partial charge in [0.2, 0.25) is 17.6 Å². The molecule has 0 unspecified atom stereocenters. The number of likely N-dealkylation sites (tertiary alicyclic amines) is 1. The number of nitrogens with zero attached hydrogens (tertiary/aromatic N) is 3. The summed E-state index contributed by atoms with van der Waals surface area (Å²) in [6.07, 6.45) is 1.03. The van der Waals surface area contributed by atoms with Gasteiger partial charge < -0.3 is 9.42 Å². The smallest absolute Gasteiger partial charge is 0.249 e. The Morgan fingerprint density at radius 1 is 1.27 bits per heavy atom. The molecule has 1 atom stereocenters. The zero-order valence-electron chi connectivity index (χ0n) is 14.4. The van der Waals surface area contributed by atoms with Gasteiger partial charge in [0, 0.05) is 12.1 Å². The van der Waals surface area contributed by atoms with Crippen molar-refractivity contribution in [3.8, 4) is 11.4 Å². The van der Waals surface area contributed by atoms with Gasteiger partial charge in [0.15, 0.2) is 0 Å². The van der Waals surface area contributed by atoms with Crippen molar-refractivity contribution in [3.05, 3.63) is 71.4 Å². The van der Waals surface area contributed by atoms with Gasteiger partial charge in [-0.05, 0) is 37.1 Å². The highest BCUT2D eigenvalue weighted by Gasteiger charge is 2.37. The Hall–Kier alpha value is -3.02. The van der Waals surface area contributed by atoms with Crippen LogP contribution in [0.15, 0.2) is 53.1 Å². The number of aryl methyl sites for hydroxylation is 1. The first-order chi connectivity index (χ1) is 12.6. The molecule has 0 aliphatic carbocycles. The minimum atomic E-state index is -0.308. The van der Waals surface area contributed by atoms with Crippen LogP contribution in [0.2, 0.25) is 0 Å². The van der Waals surface area contributed by atoms with Gasteiger partial charge in [-0.25, -0.2) is 4.39 Å². The van der Waals surface area contributed by atoms with Gasteiger partial charge in [-0.3, -0.25) is 4.79 Å². The lowest BCUT2D eigenvalue weighted by molar-refractivity contribution is -0.139. The third-order valence-electron chi connectivity index (χ3n) is 4.61. The van der Waals surface area contributed by atoms with Crippen molar-refractivity contribution in [3.63, 3.8) is 0 Å². The van der Waals surface area contributed by atoms with E-state index in [4.69, 9.17) is 4.52 Å². The number of hydrogen-bond donors (Lipinski definition) is 0. The second kappa shape index (κ2) is 6.71. The van der Waals surface area contributed by atoms with Crippen LogP contribution in [-0.4, -0.2) is 27.5 Å². The van der Waals surface area contributed by atoms with Crippen LogP contribution in [-0.2, 0) is 11.2 Å². The van der Waals surface area contributed by atoms with Crippen molar-refractivity contribution >= 4 is 5.91 Å². The maximum absolute atomic E-state index is 13.0. The third-order valence-corrected chi connectivity index (χ3v) is 4.61. The van der Waals surface area contributed by atoms with E-state index in [9.17, 15) is 9.18 Å². The number of aromatic nitrogens is 2. The Bertz CT molecular complexity index is 936. The number of rotatable bonds is 4. The van der Waals surface area contributed by atoms with Crippen molar-refractivity contribution < 1.29 is 13.7 Å². The first-order valence-corrected chi connectivity index (χ1v) is 8.55. The van der Waals surface area contributed by atoms with E-state index in [0.29, 0.717) is 18.3 Å². The molecule has 5 nitrogen and oxygen atoms in total. The highest BCUT2D eigenvalue weighted by molar-refractivity contribution is 5.80. The van der Waals surface area contributed by atoms with Crippen molar-refractivity contribution in [1.82, 2.24) is 15.0 Å². The molecule has 0 N–H and O–H groups in total. The second-order valence-corrected chi connectivity index (χ2v) is 6.52. The van der Waals surface area contributed by atoms with Crippen molar-refractivity contribution in [2.75, 3.05) is 6.54 Å². The molecule has 1 aliphatic rings. The Kier molecular flexibility index (Phi) is 4.24. The van der Waals surface area contributed by atoms with Crippen molar-refractivity contribution in [2.24, 2.45) is 0 Å². The molecule has 132 valence electrons. The van der Waals surface area contributed by atoms with Gasteiger partial charge in [-0.1, -0.05) is 41.1 Å². The maximum Gasteiger partial charge on any atom is 0.249 e. The highest BCUT2D eigenvalue weighted by atomic mass is 19.1. The molecule has 1 aromatic heterocycles. The topological polar surface area (TPSA) is 59.2 Å². The van der Waals surface area contributed by atoms with Crippen LogP contribution in [0.25, 0.3) is 11.4 Å². The maximum atomic E-state index is 13.0. The number of amides is 1. The minimum absolute atomic E-state index is 0.0248. The summed E-state index contributed by atoms with van der Waals surface area (Å²) < 4.78 is 18.4. The fourth-order valence-corrected chi connectivity index (χ4v) is 3.09. The average molecular weight is 351 g/mol. The number of benzene rings is 2. The van der Waals surface area contributed by atoms with E-state index >= 15 is 0 Å². The van der Waals surface area contributed by atoms with E-state index in [1.54, 1.807) is 17.0 Å².